The smallest absolute Gasteiger partial charge is 0.331 e. The first-order valence-corrected chi connectivity index (χ1v) is 9.93. The van der Waals surface area contributed by atoms with Crippen LogP contribution in [0.15, 0.2) is 60.7 Å². The molecule has 0 saturated carbocycles. The predicted molar refractivity (Wildman–Crippen MR) is 117 cm³/mol. The molecular formula is C24H24FN3O3. The van der Waals surface area contributed by atoms with Crippen molar-refractivity contribution in [2.75, 3.05) is 18.1 Å². The van der Waals surface area contributed by atoms with E-state index in [-0.39, 0.29) is 11.7 Å². The fourth-order valence-electron chi connectivity index (χ4n) is 3.25. The standard InChI is InChI=1S/C24H24FN3O3/c1-4-27(20-12-10-19(25)11-13-20)23(29)16-31-24(30)15-14-22-17(2)26-28(18(22)3)21-8-6-5-7-9-21/h5-15H,4,16H2,1-3H3/b15-14+. The van der Waals surface area contributed by atoms with Crippen LogP contribution >= 0.6 is 0 Å². The highest BCUT2D eigenvalue weighted by Gasteiger charge is 2.16. The minimum atomic E-state index is -0.630. The number of halogens is 1. The molecule has 3 rings (SSSR count). The number of amides is 1. The molecule has 0 atom stereocenters. The zero-order chi connectivity index (χ0) is 22.4. The number of ether oxygens (including phenoxy) is 1. The van der Waals surface area contributed by atoms with Gasteiger partial charge in [-0.25, -0.2) is 13.9 Å². The summed E-state index contributed by atoms with van der Waals surface area (Å²) in [5, 5.41) is 4.53. The average Bonchev–Trinajstić information content (AvgIpc) is 3.06. The Morgan fingerprint density at radius 1 is 1.10 bits per heavy atom. The molecule has 6 nitrogen and oxygen atoms in total. The van der Waals surface area contributed by atoms with Gasteiger partial charge in [0.1, 0.15) is 5.82 Å². The third kappa shape index (κ3) is 5.25. The van der Waals surface area contributed by atoms with E-state index in [0.717, 1.165) is 22.6 Å². The number of benzene rings is 2. The van der Waals surface area contributed by atoms with Crippen molar-refractivity contribution in [1.29, 1.82) is 0 Å². The Labute approximate surface area is 180 Å². The summed E-state index contributed by atoms with van der Waals surface area (Å²) in [6.07, 6.45) is 2.93. The quantitative estimate of drug-likeness (QED) is 0.423. The van der Waals surface area contributed by atoms with Crippen LogP contribution in [-0.4, -0.2) is 34.8 Å². The maximum Gasteiger partial charge on any atom is 0.331 e. The van der Waals surface area contributed by atoms with E-state index in [2.05, 4.69) is 5.10 Å². The zero-order valence-electron chi connectivity index (χ0n) is 17.7. The number of esters is 1. The number of carbonyl (C=O) groups is 2. The molecule has 0 spiro atoms. The molecule has 31 heavy (non-hydrogen) atoms. The Balaban J connectivity index is 1.64. The second-order valence-electron chi connectivity index (χ2n) is 6.89. The van der Waals surface area contributed by atoms with E-state index >= 15 is 0 Å². The third-order valence-corrected chi connectivity index (χ3v) is 4.83. The van der Waals surface area contributed by atoms with Crippen molar-refractivity contribution in [1.82, 2.24) is 9.78 Å². The molecule has 0 radical (unpaired) electrons. The van der Waals surface area contributed by atoms with Crippen molar-refractivity contribution in [3.05, 3.63) is 83.4 Å². The summed E-state index contributed by atoms with van der Waals surface area (Å²) in [6, 6.07) is 15.3. The molecule has 7 heteroatoms. The van der Waals surface area contributed by atoms with Gasteiger partial charge in [-0.2, -0.15) is 5.10 Å². The molecule has 1 heterocycles. The second-order valence-corrected chi connectivity index (χ2v) is 6.89. The lowest BCUT2D eigenvalue weighted by molar-refractivity contribution is -0.142. The molecule has 1 amide bonds. The Morgan fingerprint density at radius 2 is 1.77 bits per heavy atom. The summed E-state index contributed by atoms with van der Waals surface area (Å²) < 4.78 is 20.0. The SMILES string of the molecule is CCN(C(=O)COC(=O)/C=C/c1c(C)nn(-c2ccccc2)c1C)c1ccc(F)cc1. The van der Waals surface area contributed by atoms with Gasteiger partial charge in [0, 0.05) is 29.6 Å². The Kier molecular flexibility index (Phi) is 6.97. The minimum absolute atomic E-state index is 0.370. The van der Waals surface area contributed by atoms with Gasteiger partial charge in [0.05, 0.1) is 11.4 Å². The predicted octanol–water partition coefficient (Wildman–Crippen LogP) is 4.24. The van der Waals surface area contributed by atoms with E-state index in [9.17, 15) is 14.0 Å². The van der Waals surface area contributed by atoms with E-state index in [1.807, 2.05) is 48.9 Å². The second kappa shape index (κ2) is 9.84. The third-order valence-electron chi connectivity index (χ3n) is 4.83. The highest BCUT2D eigenvalue weighted by Crippen LogP contribution is 2.19. The lowest BCUT2D eigenvalue weighted by atomic mass is 10.2. The van der Waals surface area contributed by atoms with Crippen LogP contribution in [0.4, 0.5) is 10.1 Å². The minimum Gasteiger partial charge on any atom is -0.452 e. The van der Waals surface area contributed by atoms with Crippen molar-refractivity contribution in [3.63, 3.8) is 0 Å². The molecule has 2 aromatic carbocycles. The highest BCUT2D eigenvalue weighted by atomic mass is 19.1. The molecule has 0 aliphatic carbocycles. The number of aryl methyl sites for hydroxylation is 1. The molecule has 3 aromatic rings. The van der Waals surface area contributed by atoms with Gasteiger partial charge in [-0.05, 0) is 63.2 Å². The number of anilines is 1. The van der Waals surface area contributed by atoms with Gasteiger partial charge in [-0.1, -0.05) is 18.2 Å². The van der Waals surface area contributed by atoms with Crippen molar-refractivity contribution in [2.24, 2.45) is 0 Å². The lowest BCUT2D eigenvalue weighted by Crippen LogP contribution is -2.34. The van der Waals surface area contributed by atoms with Crippen LogP contribution in [0, 0.1) is 19.7 Å². The van der Waals surface area contributed by atoms with E-state index in [1.54, 1.807) is 13.0 Å². The number of carbonyl (C=O) groups excluding carboxylic acids is 2. The molecule has 0 aliphatic heterocycles. The van der Waals surface area contributed by atoms with E-state index in [1.165, 1.54) is 35.2 Å². The molecule has 0 bridgehead atoms. The van der Waals surface area contributed by atoms with Crippen LogP contribution < -0.4 is 4.90 Å². The van der Waals surface area contributed by atoms with Crippen LogP contribution in [0.2, 0.25) is 0 Å². The molecule has 160 valence electrons. The zero-order valence-corrected chi connectivity index (χ0v) is 17.7. The maximum absolute atomic E-state index is 13.1. The van der Waals surface area contributed by atoms with Gasteiger partial charge in [-0.15, -0.1) is 0 Å². The normalized spacial score (nSPS) is 11.0. The van der Waals surface area contributed by atoms with Gasteiger partial charge >= 0.3 is 5.97 Å². The average molecular weight is 421 g/mol. The topological polar surface area (TPSA) is 64.4 Å². The summed E-state index contributed by atoms with van der Waals surface area (Å²) in [4.78, 5) is 26.0. The van der Waals surface area contributed by atoms with E-state index in [0.29, 0.717) is 12.2 Å². The van der Waals surface area contributed by atoms with Crippen LogP contribution in [-0.2, 0) is 14.3 Å². The van der Waals surface area contributed by atoms with Gasteiger partial charge in [0.2, 0.25) is 0 Å². The van der Waals surface area contributed by atoms with Gasteiger partial charge in [0.15, 0.2) is 6.61 Å². The number of para-hydroxylation sites is 1. The van der Waals surface area contributed by atoms with E-state index in [4.69, 9.17) is 4.74 Å². The Morgan fingerprint density at radius 3 is 2.42 bits per heavy atom. The van der Waals surface area contributed by atoms with Crippen LogP contribution in [0.3, 0.4) is 0 Å². The number of rotatable bonds is 7. The summed E-state index contributed by atoms with van der Waals surface area (Å²) >= 11 is 0. The summed E-state index contributed by atoms with van der Waals surface area (Å²) in [5.41, 5.74) is 3.94. The van der Waals surface area contributed by atoms with E-state index < -0.39 is 12.6 Å². The maximum atomic E-state index is 13.1. The number of nitrogens with zero attached hydrogens (tertiary/aromatic N) is 3. The van der Waals surface area contributed by atoms with Gasteiger partial charge < -0.3 is 9.64 Å². The molecular weight excluding hydrogens is 397 g/mol. The first kappa shape index (κ1) is 22.0. The van der Waals surface area contributed by atoms with Crippen LogP contribution in [0.25, 0.3) is 11.8 Å². The van der Waals surface area contributed by atoms with Crippen molar-refractivity contribution < 1.29 is 18.7 Å². The highest BCUT2D eigenvalue weighted by molar-refractivity contribution is 5.96. The molecule has 0 N–H and O–H groups in total. The van der Waals surface area contributed by atoms with Crippen LogP contribution in [0.5, 0.6) is 0 Å². The molecule has 1 aromatic heterocycles. The molecule has 0 fully saturated rings. The number of hydrogen-bond acceptors (Lipinski definition) is 4. The Bertz CT molecular complexity index is 1090. The molecule has 0 aliphatic rings. The number of hydrogen-bond donors (Lipinski definition) is 0. The first-order valence-electron chi connectivity index (χ1n) is 9.93. The Hall–Kier alpha value is -3.74. The largest absolute Gasteiger partial charge is 0.452 e. The number of aromatic nitrogens is 2. The lowest BCUT2D eigenvalue weighted by Gasteiger charge is -2.20. The monoisotopic (exact) mass is 421 g/mol. The molecule has 0 unspecified atom stereocenters. The first-order chi connectivity index (χ1) is 14.9. The fraction of sp³-hybridized carbons (Fsp3) is 0.208. The summed E-state index contributed by atoms with van der Waals surface area (Å²) in [6.45, 7) is 5.54. The number of likely N-dealkylation sites (N-methyl/N-ethyl adjacent to an activating group) is 1. The summed E-state index contributed by atoms with van der Waals surface area (Å²) in [5.74, 6) is -1.40. The summed E-state index contributed by atoms with van der Waals surface area (Å²) in [7, 11) is 0. The van der Waals surface area contributed by atoms with Crippen molar-refractivity contribution in [2.45, 2.75) is 20.8 Å². The fourth-order valence-corrected chi connectivity index (χ4v) is 3.25. The van der Waals surface area contributed by atoms with Crippen molar-refractivity contribution in [3.8, 4) is 5.69 Å². The van der Waals surface area contributed by atoms with Crippen molar-refractivity contribution >= 4 is 23.6 Å². The van der Waals surface area contributed by atoms with Crippen LogP contribution in [0.1, 0.15) is 23.9 Å². The molecule has 0 saturated heterocycles. The van der Waals surface area contributed by atoms with Gasteiger partial charge in [-0.3, -0.25) is 4.79 Å². The van der Waals surface area contributed by atoms with Gasteiger partial charge in [0.25, 0.3) is 5.91 Å².